The highest BCUT2D eigenvalue weighted by Gasteiger charge is 1.90. The lowest BCUT2D eigenvalue weighted by Gasteiger charge is -2.01. The van der Waals surface area contributed by atoms with Gasteiger partial charge in [-0.2, -0.15) is 0 Å². The van der Waals surface area contributed by atoms with Crippen molar-refractivity contribution in [2.24, 2.45) is 0 Å². The number of carbonyl (C=O) groups is 1. The molecule has 0 aromatic heterocycles. The van der Waals surface area contributed by atoms with Crippen molar-refractivity contribution >= 4 is 17.6 Å². The van der Waals surface area contributed by atoms with Crippen LogP contribution >= 0.6 is 11.6 Å². The Kier molecular flexibility index (Phi) is 1.92. The Bertz CT molecular complexity index is 258. The molecule has 0 amide bonds. The molecule has 0 unspecified atom stereocenters. The molecule has 2 nitrogen and oxygen atoms in total. The third-order valence-corrected chi connectivity index (χ3v) is 1.23. The normalized spacial score (nSPS) is 9.30. The maximum Gasteiger partial charge on any atom is 0.247 e. The SMILES string of the molecule is O=C(O)c1[c-]ccc(Cl)c1. The fourth-order valence-corrected chi connectivity index (χ4v) is 0.734. The Labute approximate surface area is 63.1 Å². The lowest BCUT2D eigenvalue weighted by molar-refractivity contribution is 0.0696. The van der Waals surface area contributed by atoms with Gasteiger partial charge in [0.15, 0.2) is 0 Å². The van der Waals surface area contributed by atoms with Gasteiger partial charge in [-0.05, 0) is 5.02 Å². The van der Waals surface area contributed by atoms with Crippen LogP contribution in [-0.4, -0.2) is 11.1 Å². The lowest BCUT2D eigenvalue weighted by Crippen LogP contribution is -1.94. The van der Waals surface area contributed by atoms with Crippen LogP contribution in [0.1, 0.15) is 10.4 Å². The first-order valence-corrected chi connectivity index (χ1v) is 2.98. The third kappa shape index (κ3) is 1.48. The number of carboxylic acids is 1. The van der Waals surface area contributed by atoms with E-state index in [0.717, 1.165) is 0 Å². The first-order valence-electron chi connectivity index (χ1n) is 2.60. The molecule has 52 valence electrons. The van der Waals surface area contributed by atoms with Crippen LogP contribution in [0.25, 0.3) is 0 Å². The van der Waals surface area contributed by atoms with Crippen molar-refractivity contribution in [3.8, 4) is 0 Å². The lowest BCUT2D eigenvalue weighted by atomic mass is 10.2. The van der Waals surface area contributed by atoms with Crippen LogP contribution in [0, 0.1) is 6.07 Å². The molecule has 0 aliphatic rings. The Morgan fingerprint density at radius 1 is 1.70 bits per heavy atom. The van der Waals surface area contributed by atoms with Gasteiger partial charge >= 0.3 is 0 Å². The zero-order chi connectivity index (χ0) is 7.56. The number of hydrogen-bond donors (Lipinski definition) is 1. The van der Waals surface area contributed by atoms with Crippen molar-refractivity contribution in [2.75, 3.05) is 0 Å². The molecule has 0 spiro atoms. The summed E-state index contributed by atoms with van der Waals surface area (Å²) >= 11 is 5.51. The summed E-state index contributed by atoms with van der Waals surface area (Å²) in [6, 6.07) is 6.93. The van der Waals surface area contributed by atoms with Crippen LogP contribution in [-0.2, 0) is 0 Å². The molecule has 10 heavy (non-hydrogen) atoms. The van der Waals surface area contributed by atoms with E-state index in [1.54, 1.807) is 6.07 Å². The van der Waals surface area contributed by atoms with Gasteiger partial charge in [0, 0.05) is 0 Å². The summed E-state index contributed by atoms with van der Waals surface area (Å²) in [6.45, 7) is 0. The summed E-state index contributed by atoms with van der Waals surface area (Å²) in [5.41, 5.74) is 0.0903. The average Bonchev–Trinajstić information content (AvgIpc) is 1.88. The molecule has 3 heteroatoms. The van der Waals surface area contributed by atoms with E-state index in [0.29, 0.717) is 5.02 Å². The maximum atomic E-state index is 10.3. The molecule has 0 saturated carbocycles. The highest BCUT2D eigenvalue weighted by atomic mass is 35.5. The van der Waals surface area contributed by atoms with E-state index in [9.17, 15) is 4.79 Å². The molecule has 0 saturated heterocycles. The smallest absolute Gasteiger partial charge is 0.247 e. The number of halogens is 1. The Morgan fingerprint density at radius 3 is 2.80 bits per heavy atom. The van der Waals surface area contributed by atoms with E-state index in [1.807, 2.05) is 0 Å². The third-order valence-electron chi connectivity index (χ3n) is 0.994. The maximum absolute atomic E-state index is 10.3. The van der Waals surface area contributed by atoms with Crippen molar-refractivity contribution in [1.29, 1.82) is 0 Å². The summed E-state index contributed by atoms with van der Waals surface area (Å²) in [5, 5.41) is 8.83. The molecule has 0 atom stereocenters. The molecular formula is C7H4ClO2-. The van der Waals surface area contributed by atoms with Crippen molar-refractivity contribution in [1.82, 2.24) is 0 Å². The van der Waals surface area contributed by atoms with Gasteiger partial charge in [0.2, 0.25) is 5.97 Å². The minimum atomic E-state index is -1.01. The molecule has 0 radical (unpaired) electrons. The van der Waals surface area contributed by atoms with Crippen molar-refractivity contribution in [2.45, 2.75) is 0 Å². The number of aromatic carboxylic acids is 1. The zero-order valence-corrected chi connectivity index (χ0v) is 5.72. The Balaban J connectivity index is 3.07. The molecule has 0 bridgehead atoms. The summed E-state index contributed by atoms with van der Waals surface area (Å²) in [5.74, 6) is -1.01. The molecule has 1 N–H and O–H groups in total. The van der Waals surface area contributed by atoms with Crippen molar-refractivity contribution in [3.63, 3.8) is 0 Å². The molecule has 1 aromatic carbocycles. The van der Waals surface area contributed by atoms with E-state index in [4.69, 9.17) is 16.7 Å². The topological polar surface area (TPSA) is 37.3 Å². The molecule has 1 rings (SSSR count). The number of benzene rings is 1. The minimum Gasteiger partial charge on any atom is -0.521 e. The second-order valence-electron chi connectivity index (χ2n) is 1.73. The van der Waals surface area contributed by atoms with Gasteiger partial charge in [-0.25, -0.2) is 0 Å². The van der Waals surface area contributed by atoms with E-state index in [-0.39, 0.29) is 5.56 Å². The summed E-state index contributed by atoms with van der Waals surface area (Å²) < 4.78 is 0. The van der Waals surface area contributed by atoms with Crippen LogP contribution in [0.15, 0.2) is 18.2 Å². The highest BCUT2D eigenvalue weighted by molar-refractivity contribution is 6.30. The van der Waals surface area contributed by atoms with Gasteiger partial charge in [-0.1, -0.05) is 5.56 Å². The van der Waals surface area contributed by atoms with E-state index < -0.39 is 5.97 Å². The van der Waals surface area contributed by atoms with Gasteiger partial charge in [-0.15, -0.1) is 35.9 Å². The molecular weight excluding hydrogens is 152 g/mol. The Morgan fingerprint density at radius 2 is 2.40 bits per heavy atom. The molecule has 0 aliphatic heterocycles. The van der Waals surface area contributed by atoms with E-state index in [1.165, 1.54) is 12.1 Å². The second-order valence-corrected chi connectivity index (χ2v) is 2.16. The minimum absolute atomic E-state index is 0.0903. The summed E-state index contributed by atoms with van der Waals surface area (Å²) in [6.07, 6.45) is 0. The van der Waals surface area contributed by atoms with Gasteiger partial charge in [-0.3, -0.25) is 0 Å². The van der Waals surface area contributed by atoms with Crippen molar-refractivity contribution < 1.29 is 9.90 Å². The van der Waals surface area contributed by atoms with Gasteiger partial charge in [0.25, 0.3) is 0 Å². The molecule has 0 fully saturated rings. The van der Waals surface area contributed by atoms with Crippen LogP contribution < -0.4 is 0 Å². The van der Waals surface area contributed by atoms with Gasteiger partial charge in [0.05, 0.1) is 0 Å². The van der Waals surface area contributed by atoms with E-state index in [2.05, 4.69) is 6.07 Å². The zero-order valence-electron chi connectivity index (χ0n) is 4.97. The first-order chi connectivity index (χ1) is 4.70. The Hall–Kier alpha value is -1.02. The molecule has 1 aromatic rings. The summed E-state index contributed by atoms with van der Waals surface area (Å²) in [4.78, 5) is 10.3. The van der Waals surface area contributed by atoms with Gasteiger partial charge in [0.1, 0.15) is 0 Å². The molecule has 0 heterocycles. The van der Waals surface area contributed by atoms with Crippen LogP contribution in [0.3, 0.4) is 0 Å². The fraction of sp³-hybridized carbons (Fsp3) is 0. The predicted molar refractivity (Wildman–Crippen MR) is 37.2 cm³/mol. The summed E-state index contributed by atoms with van der Waals surface area (Å²) in [7, 11) is 0. The standard InChI is InChI=1S/C7H4ClO2/c8-6-3-1-2-5(4-6)7(9)10/h1,3-4H,(H,9,10)/q-1. The predicted octanol–water partition coefficient (Wildman–Crippen LogP) is 1.84. The average molecular weight is 156 g/mol. The molecule has 0 aliphatic carbocycles. The van der Waals surface area contributed by atoms with Crippen LogP contribution in [0.2, 0.25) is 5.02 Å². The first kappa shape index (κ1) is 7.09. The van der Waals surface area contributed by atoms with Crippen LogP contribution in [0.4, 0.5) is 0 Å². The monoisotopic (exact) mass is 155 g/mol. The quantitative estimate of drug-likeness (QED) is 0.629. The van der Waals surface area contributed by atoms with Crippen molar-refractivity contribution in [3.05, 3.63) is 34.9 Å². The number of rotatable bonds is 1. The highest BCUT2D eigenvalue weighted by Crippen LogP contribution is 2.09. The van der Waals surface area contributed by atoms with E-state index >= 15 is 0 Å². The second kappa shape index (κ2) is 2.71. The van der Waals surface area contributed by atoms with Gasteiger partial charge < -0.3 is 9.90 Å². The number of carboxylic acid groups (broad SMARTS) is 1. The fourth-order valence-electron chi connectivity index (χ4n) is 0.562. The number of hydrogen-bond acceptors (Lipinski definition) is 1. The van der Waals surface area contributed by atoms with Crippen LogP contribution in [0.5, 0.6) is 0 Å². The largest absolute Gasteiger partial charge is 0.521 e.